The highest BCUT2D eigenvalue weighted by atomic mass is 14.0. The molecule has 0 bridgehead atoms. The van der Waals surface area contributed by atoms with Crippen molar-refractivity contribution in [3.63, 3.8) is 0 Å². The van der Waals surface area contributed by atoms with Crippen LogP contribution in [-0.2, 0) is 0 Å². The quantitative estimate of drug-likeness (QED) is 0.536. The second-order valence-electron chi connectivity index (χ2n) is 5.70. The highest BCUT2D eigenvalue weighted by Gasteiger charge is 1.95. The van der Waals surface area contributed by atoms with Crippen molar-refractivity contribution in [2.24, 2.45) is 17.8 Å². The summed E-state index contributed by atoms with van der Waals surface area (Å²) in [6.45, 7) is 15.6. The molecule has 0 saturated heterocycles. The monoisotopic (exact) mass is 214 g/mol. The van der Waals surface area contributed by atoms with E-state index in [1.165, 1.54) is 32.1 Å². The zero-order chi connectivity index (χ0) is 12.3. The lowest BCUT2D eigenvalue weighted by molar-refractivity contribution is 0.457. The first kappa shape index (κ1) is 17.4. The molecule has 0 amide bonds. The molecule has 0 radical (unpaired) electrons. The van der Waals surface area contributed by atoms with E-state index >= 15 is 0 Å². The lowest BCUT2D eigenvalue weighted by atomic mass is 10.0. The van der Waals surface area contributed by atoms with Crippen LogP contribution in [0.1, 0.15) is 80.6 Å². The normalized spacial score (nSPS) is 14.0. The lowest BCUT2D eigenvalue weighted by Crippen LogP contribution is -1.95. The Kier molecular flexibility index (Phi) is 14.0. The van der Waals surface area contributed by atoms with Gasteiger partial charge >= 0.3 is 0 Å². The molecule has 1 fully saturated rings. The van der Waals surface area contributed by atoms with Gasteiger partial charge in [-0.15, -0.1) is 0 Å². The molecular formula is C15H34. The summed E-state index contributed by atoms with van der Waals surface area (Å²) in [5.41, 5.74) is 0. The molecular weight excluding hydrogens is 180 g/mol. The third kappa shape index (κ3) is 20.2. The first-order valence-electron chi connectivity index (χ1n) is 6.91. The SMILES string of the molecule is C1CCC1.CC(C)C(C)C.CCC(C)C. The van der Waals surface area contributed by atoms with Gasteiger partial charge in [0.2, 0.25) is 0 Å². The van der Waals surface area contributed by atoms with Gasteiger partial charge in [-0.2, -0.15) is 0 Å². The molecule has 0 aromatic heterocycles. The molecule has 0 N–H and O–H groups in total. The fourth-order valence-corrected chi connectivity index (χ4v) is 0.250. The van der Waals surface area contributed by atoms with E-state index in [-0.39, 0.29) is 0 Å². The molecule has 15 heavy (non-hydrogen) atoms. The van der Waals surface area contributed by atoms with Crippen molar-refractivity contribution in [3.8, 4) is 0 Å². The molecule has 1 aliphatic rings. The molecule has 0 spiro atoms. The Morgan fingerprint density at radius 2 is 0.867 bits per heavy atom. The van der Waals surface area contributed by atoms with Crippen LogP contribution >= 0.6 is 0 Å². The summed E-state index contributed by atoms with van der Waals surface area (Å²) in [6, 6.07) is 0. The van der Waals surface area contributed by atoms with Crippen LogP contribution in [0.15, 0.2) is 0 Å². The van der Waals surface area contributed by atoms with Crippen LogP contribution in [0.25, 0.3) is 0 Å². The molecule has 1 rings (SSSR count). The average molecular weight is 214 g/mol. The molecule has 1 saturated carbocycles. The second kappa shape index (κ2) is 12.1. The van der Waals surface area contributed by atoms with E-state index in [1.807, 2.05) is 0 Å². The molecule has 1 aliphatic carbocycles. The molecule has 0 aliphatic heterocycles. The van der Waals surface area contributed by atoms with Gasteiger partial charge in [-0.3, -0.25) is 0 Å². The fraction of sp³-hybridized carbons (Fsp3) is 1.00. The van der Waals surface area contributed by atoms with Crippen LogP contribution in [0.4, 0.5) is 0 Å². The summed E-state index contributed by atoms with van der Waals surface area (Å²) < 4.78 is 0. The summed E-state index contributed by atoms with van der Waals surface area (Å²) in [7, 11) is 0. The molecule has 0 heteroatoms. The molecule has 94 valence electrons. The van der Waals surface area contributed by atoms with Crippen LogP contribution in [0.2, 0.25) is 0 Å². The van der Waals surface area contributed by atoms with E-state index in [1.54, 1.807) is 0 Å². The fourth-order valence-electron chi connectivity index (χ4n) is 0.250. The predicted octanol–water partition coefficient (Wildman–Crippen LogP) is 5.91. The number of hydrogen-bond acceptors (Lipinski definition) is 0. The third-order valence-electron chi connectivity index (χ3n) is 3.15. The van der Waals surface area contributed by atoms with Crippen LogP contribution in [0, 0.1) is 17.8 Å². The maximum atomic E-state index is 2.24. The van der Waals surface area contributed by atoms with E-state index in [0.717, 1.165) is 17.8 Å². The Bertz CT molecular complexity index is 86.6. The zero-order valence-electron chi connectivity index (χ0n) is 12.3. The average Bonchev–Trinajstić information content (AvgIpc) is 2.02. The van der Waals surface area contributed by atoms with Gasteiger partial charge in [0.15, 0.2) is 0 Å². The van der Waals surface area contributed by atoms with E-state index in [9.17, 15) is 0 Å². The van der Waals surface area contributed by atoms with Gasteiger partial charge in [-0.25, -0.2) is 0 Å². The molecule has 0 heterocycles. The van der Waals surface area contributed by atoms with Crippen molar-refractivity contribution < 1.29 is 0 Å². The first-order chi connectivity index (χ1) is 6.91. The van der Waals surface area contributed by atoms with Gasteiger partial charge in [-0.05, 0) is 17.8 Å². The number of rotatable bonds is 2. The molecule has 0 aromatic carbocycles. The molecule has 0 unspecified atom stereocenters. The summed E-state index contributed by atoms with van der Waals surface area (Å²) in [4.78, 5) is 0. The van der Waals surface area contributed by atoms with Gasteiger partial charge in [0, 0.05) is 0 Å². The largest absolute Gasteiger partial charge is 0.0651 e. The Balaban J connectivity index is 0. The summed E-state index contributed by atoms with van der Waals surface area (Å²) in [5, 5.41) is 0. The minimum Gasteiger partial charge on any atom is -0.0651 e. The van der Waals surface area contributed by atoms with Crippen molar-refractivity contribution in [2.75, 3.05) is 0 Å². The van der Waals surface area contributed by atoms with Crippen molar-refractivity contribution in [2.45, 2.75) is 80.6 Å². The highest BCUT2D eigenvalue weighted by Crippen LogP contribution is 2.15. The molecule has 0 nitrogen and oxygen atoms in total. The second-order valence-corrected chi connectivity index (χ2v) is 5.70. The summed E-state index contributed by atoms with van der Waals surface area (Å²) >= 11 is 0. The van der Waals surface area contributed by atoms with E-state index in [2.05, 4.69) is 48.5 Å². The molecule has 0 atom stereocenters. The Labute approximate surface area is 98.9 Å². The van der Waals surface area contributed by atoms with E-state index in [0.29, 0.717) is 0 Å². The third-order valence-corrected chi connectivity index (χ3v) is 3.15. The smallest absolute Gasteiger partial charge is 0.0448 e. The van der Waals surface area contributed by atoms with Crippen LogP contribution in [-0.4, -0.2) is 0 Å². The lowest BCUT2D eigenvalue weighted by Gasteiger charge is -2.05. The summed E-state index contributed by atoms with van der Waals surface area (Å²) in [5.74, 6) is 2.59. The Morgan fingerprint density at radius 3 is 0.867 bits per heavy atom. The standard InChI is InChI=1S/C6H14.C5H12.C4H8/c1-5(2)6(3)4;1-4-5(2)3;1-2-4-3-1/h5-6H,1-4H3;5H,4H2,1-3H3;1-4H2. The van der Waals surface area contributed by atoms with Gasteiger partial charge < -0.3 is 0 Å². The van der Waals surface area contributed by atoms with Crippen LogP contribution < -0.4 is 0 Å². The maximum Gasteiger partial charge on any atom is -0.0448 e. The van der Waals surface area contributed by atoms with Crippen LogP contribution in [0.3, 0.4) is 0 Å². The highest BCUT2D eigenvalue weighted by molar-refractivity contribution is 4.50. The Hall–Kier alpha value is 0. The maximum absolute atomic E-state index is 2.24. The van der Waals surface area contributed by atoms with Gasteiger partial charge in [0.25, 0.3) is 0 Å². The first-order valence-corrected chi connectivity index (χ1v) is 6.91. The van der Waals surface area contributed by atoms with Gasteiger partial charge in [0.05, 0.1) is 0 Å². The predicted molar refractivity (Wildman–Crippen MR) is 73.3 cm³/mol. The van der Waals surface area contributed by atoms with E-state index < -0.39 is 0 Å². The zero-order valence-corrected chi connectivity index (χ0v) is 12.3. The topological polar surface area (TPSA) is 0 Å². The summed E-state index contributed by atoms with van der Waals surface area (Å²) in [6.07, 6.45) is 7.31. The Morgan fingerprint density at radius 1 is 0.667 bits per heavy atom. The van der Waals surface area contributed by atoms with Gasteiger partial charge in [0.1, 0.15) is 0 Å². The van der Waals surface area contributed by atoms with Crippen molar-refractivity contribution in [1.29, 1.82) is 0 Å². The molecule has 0 aromatic rings. The van der Waals surface area contributed by atoms with Crippen molar-refractivity contribution in [3.05, 3.63) is 0 Å². The van der Waals surface area contributed by atoms with Crippen LogP contribution in [0.5, 0.6) is 0 Å². The number of hydrogen-bond donors (Lipinski definition) is 0. The van der Waals surface area contributed by atoms with Gasteiger partial charge in [-0.1, -0.05) is 80.6 Å². The van der Waals surface area contributed by atoms with Crippen molar-refractivity contribution >= 4 is 0 Å². The minimum atomic E-state index is 0.852. The minimum absolute atomic E-state index is 0.852. The van der Waals surface area contributed by atoms with Crippen molar-refractivity contribution in [1.82, 2.24) is 0 Å². The van der Waals surface area contributed by atoms with E-state index in [4.69, 9.17) is 0 Å².